The van der Waals surface area contributed by atoms with Crippen LogP contribution < -0.4 is 0 Å². The SMILES string of the molecule is CC(C)(C)c1ccc2c(c1)C=CC2.CC(C)(C)c1cnc2c(ccc3cccnc32)c1. The second-order valence-electron chi connectivity index (χ2n) is 10.5. The molecule has 1 aliphatic carbocycles. The fourth-order valence-corrected chi connectivity index (χ4v) is 3.86. The lowest BCUT2D eigenvalue weighted by Gasteiger charge is -2.19. The molecule has 0 saturated heterocycles. The third kappa shape index (κ3) is 4.54. The van der Waals surface area contributed by atoms with E-state index in [-0.39, 0.29) is 10.8 Å². The van der Waals surface area contributed by atoms with Gasteiger partial charge < -0.3 is 0 Å². The molecule has 0 fully saturated rings. The van der Waals surface area contributed by atoms with Crippen molar-refractivity contribution in [1.29, 1.82) is 0 Å². The molecule has 0 saturated carbocycles. The molecule has 0 spiro atoms. The average molecular weight is 409 g/mol. The number of aromatic nitrogens is 2. The Morgan fingerprint density at radius 2 is 1.42 bits per heavy atom. The third-order valence-electron chi connectivity index (χ3n) is 5.94. The van der Waals surface area contributed by atoms with E-state index in [1.165, 1.54) is 22.3 Å². The predicted molar refractivity (Wildman–Crippen MR) is 134 cm³/mol. The van der Waals surface area contributed by atoms with Crippen molar-refractivity contribution in [2.24, 2.45) is 0 Å². The Kier molecular flexibility index (Phi) is 5.43. The molecule has 4 aromatic rings. The summed E-state index contributed by atoms with van der Waals surface area (Å²) in [5.74, 6) is 0. The lowest BCUT2D eigenvalue weighted by Crippen LogP contribution is -2.11. The normalized spacial score (nSPS) is 13.2. The Hall–Kier alpha value is -3.00. The summed E-state index contributed by atoms with van der Waals surface area (Å²) in [6.07, 6.45) is 9.36. The number of benzene rings is 2. The van der Waals surface area contributed by atoms with Crippen LogP contribution in [0.3, 0.4) is 0 Å². The second kappa shape index (κ2) is 7.92. The van der Waals surface area contributed by atoms with Gasteiger partial charge in [-0.2, -0.15) is 0 Å². The molecule has 2 aromatic carbocycles. The van der Waals surface area contributed by atoms with Crippen molar-refractivity contribution in [2.45, 2.75) is 58.8 Å². The zero-order chi connectivity index (χ0) is 22.2. The highest BCUT2D eigenvalue weighted by Crippen LogP contribution is 2.28. The minimum absolute atomic E-state index is 0.125. The van der Waals surface area contributed by atoms with Crippen molar-refractivity contribution >= 4 is 27.9 Å². The molecule has 0 radical (unpaired) electrons. The van der Waals surface area contributed by atoms with E-state index < -0.39 is 0 Å². The van der Waals surface area contributed by atoms with Crippen LogP contribution in [-0.2, 0) is 17.3 Å². The predicted octanol–water partition coefficient (Wildman–Crippen LogP) is 7.63. The smallest absolute Gasteiger partial charge is 0.0964 e. The minimum atomic E-state index is 0.125. The molecular formula is C29H32N2. The first-order valence-corrected chi connectivity index (χ1v) is 11.1. The molecule has 31 heavy (non-hydrogen) atoms. The maximum atomic E-state index is 4.61. The van der Waals surface area contributed by atoms with E-state index in [1.807, 2.05) is 18.5 Å². The van der Waals surface area contributed by atoms with Gasteiger partial charge in [0.05, 0.1) is 11.0 Å². The van der Waals surface area contributed by atoms with E-state index in [1.54, 1.807) is 0 Å². The molecule has 1 aliphatic rings. The summed E-state index contributed by atoms with van der Waals surface area (Å²) < 4.78 is 0. The van der Waals surface area contributed by atoms with Crippen molar-refractivity contribution in [2.75, 3.05) is 0 Å². The van der Waals surface area contributed by atoms with Gasteiger partial charge in [-0.25, -0.2) is 0 Å². The molecule has 0 N–H and O–H groups in total. The van der Waals surface area contributed by atoms with Crippen molar-refractivity contribution < 1.29 is 0 Å². The van der Waals surface area contributed by atoms with Crippen molar-refractivity contribution in [3.8, 4) is 0 Å². The first-order valence-electron chi connectivity index (χ1n) is 11.1. The second-order valence-corrected chi connectivity index (χ2v) is 10.5. The summed E-state index contributed by atoms with van der Waals surface area (Å²) in [6.45, 7) is 13.4. The van der Waals surface area contributed by atoms with Crippen LogP contribution in [0.25, 0.3) is 27.9 Å². The first kappa shape index (κ1) is 21.2. The summed E-state index contributed by atoms with van der Waals surface area (Å²) in [7, 11) is 0. The molecule has 5 rings (SSSR count). The average Bonchev–Trinajstić information content (AvgIpc) is 3.20. The molecule has 158 valence electrons. The molecule has 0 atom stereocenters. The Morgan fingerprint density at radius 3 is 2.16 bits per heavy atom. The Balaban J connectivity index is 0.000000158. The molecule has 2 heteroatoms. The standard InChI is InChI=1S/C16H16N2.C13H16/c1-16(2,3)13-9-12-7-6-11-5-4-8-17-14(11)15(12)18-10-13;1-13(2,3)12-8-7-10-5-4-6-11(10)9-12/h4-10H,1-3H3;4,6-9H,5H2,1-3H3. The van der Waals surface area contributed by atoms with E-state index in [9.17, 15) is 0 Å². The summed E-state index contributed by atoms with van der Waals surface area (Å²) in [6, 6.07) is 17.3. The first-order chi connectivity index (χ1) is 14.6. The van der Waals surface area contributed by atoms with Crippen LogP contribution in [0.4, 0.5) is 0 Å². The van der Waals surface area contributed by atoms with Gasteiger partial charge in [-0.1, -0.05) is 90.1 Å². The summed E-state index contributed by atoms with van der Waals surface area (Å²) in [4.78, 5) is 9.05. The van der Waals surface area contributed by atoms with Gasteiger partial charge in [0.2, 0.25) is 0 Å². The minimum Gasteiger partial charge on any atom is -0.254 e. The topological polar surface area (TPSA) is 25.8 Å². The van der Waals surface area contributed by atoms with Gasteiger partial charge in [-0.05, 0) is 51.6 Å². The van der Waals surface area contributed by atoms with E-state index in [0.717, 1.165) is 28.2 Å². The van der Waals surface area contributed by atoms with Crippen molar-refractivity contribution in [1.82, 2.24) is 9.97 Å². The maximum Gasteiger partial charge on any atom is 0.0964 e. The fraction of sp³-hybridized carbons (Fsp3) is 0.310. The van der Waals surface area contributed by atoms with Crippen LogP contribution in [0.1, 0.15) is 63.8 Å². The quantitative estimate of drug-likeness (QED) is 0.279. The molecule has 2 nitrogen and oxygen atoms in total. The lowest BCUT2D eigenvalue weighted by atomic mass is 9.85. The van der Waals surface area contributed by atoms with Crippen molar-refractivity contribution in [3.63, 3.8) is 0 Å². The van der Waals surface area contributed by atoms with Gasteiger partial charge in [-0.15, -0.1) is 0 Å². The number of rotatable bonds is 0. The molecule has 0 bridgehead atoms. The van der Waals surface area contributed by atoms with Crippen LogP contribution in [0.2, 0.25) is 0 Å². The van der Waals surface area contributed by atoms with Gasteiger partial charge >= 0.3 is 0 Å². The van der Waals surface area contributed by atoms with Crippen LogP contribution in [-0.4, -0.2) is 9.97 Å². The van der Waals surface area contributed by atoms with Gasteiger partial charge in [0, 0.05) is 23.2 Å². The van der Waals surface area contributed by atoms with Crippen LogP contribution in [0.5, 0.6) is 0 Å². The summed E-state index contributed by atoms with van der Waals surface area (Å²) >= 11 is 0. The highest BCUT2D eigenvalue weighted by molar-refractivity contribution is 6.02. The molecule has 0 amide bonds. The third-order valence-corrected chi connectivity index (χ3v) is 5.94. The maximum absolute atomic E-state index is 4.61. The Labute approximate surface area is 186 Å². The van der Waals surface area contributed by atoms with Crippen LogP contribution in [0.15, 0.2) is 67.0 Å². The number of nitrogens with zero attached hydrogens (tertiary/aromatic N) is 2. The fourth-order valence-electron chi connectivity index (χ4n) is 3.86. The lowest BCUT2D eigenvalue weighted by molar-refractivity contribution is 0.588. The Bertz CT molecular complexity index is 1270. The van der Waals surface area contributed by atoms with E-state index in [2.05, 4.69) is 106 Å². The molecule has 0 aliphatic heterocycles. The number of fused-ring (bicyclic) bond motifs is 4. The van der Waals surface area contributed by atoms with E-state index in [0.29, 0.717) is 0 Å². The molecule has 2 aromatic heterocycles. The zero-order valence-corrected chi connectivity index (χ0v) is 19.5. The highest BCUT2D eigenvalue weighted by atomic mass is 14.7. The number of pyridine rings is 2. The van der Waals surface area contributed by atoms with E-state index in [4.69, 9.17) is 0 Å². The molecular weight excluding hydrogens is 376 g/mol. The molecule has 2 heterocycles. The highest BCUT2D eigenvalue weighted by Gasteiger charge is 2.16. The summed E-state index contributed by atoms with van der Waals surface area (Å²) in [5.41, 5.74) is 7.92. The number of hydrogen-bond donors (Lipinski definition) is 0. The van der Waals surface area contributed by atoms with Gasteiger partial charge in [-0.3, -0.25) is 9.97 Å². The van der Waals surface area contributed by atoms with Gasteiger partial charge in [0.1, 0.15) is 0 Å². The van der Waals surface area contributed by atoms with E-state index >= 15 is 0 Å². The largest absolute Gasteiger partial charge is 0.254 e. The van der Waals surface area contributed by atoms with Crippen LogP contribution >= 0.6 is 0 Å². The number of hydrogen-bond acceptors (Lipinski definition) is 2. The van der Waals surface area contributed by atoms with Gasteiger partial charge in [0.25, 0.3) is 0 Å². The number of allylic oxidation sites excluding steroid dienone is 1. The van der Waals surface area contributed by atoms with Gasteiger partial charge in [0.15, 0.2) is 0 Å². The Morgan fingerprint density at radius 1 is 0.710 bits per heavy atom. The molecule has 0 unspecified atom stereocenters. The van der Waals surface area contributed by atoms with Crippen LogP contribution in [0, 0.1) is 0 Å². The monoisotopic (exact) mass is 408 g/mol. The van der Waals surface area contributed by atoms with Crippen molar-refractivity contribution in [3.05, 3.63) is 89.3 Å². The zero-order valence-electron chi connectivity index (χ0n) is 19.5. The summed E-state index contributed by atoms with van der Waals surface area (Å²) in [5, 5.41) is 2.30.